The van der Waals surface area contributed by atoms with Gasteiger partial charge in [-0.3, -0.25) is 0 Å². The Kier molecular flexibility index (Phi) is 3.36. The molecule has 2 nitrogen and oxygen atoms in total. The molecule has 2 N–H and O–H groups in total. The van der Waals surface area contributed by atoms with E-state index in [-0.39, 0.29) is 0 Å². The van der Waals surface area contributed by atoms with Crippen LogP contribution in [0, 0.1) is 0 Å². The summed E-state index contributed by atoms with van der Waals surface area (Å²) in [6.07, 6.45) is 0. The van der Waals surface area contributed by atoms with Crippen molar-refractivity contribution in [2.75, 3.05) is 18.9 Å². The van der Waals surface area contributed by atoms with Gasteiger partial charge in [0.25, 0.3) is 0 Å². The van der Waals surface area contributed by atoms with Crippen LogP contribution in [0.3, 0.4) is 0 Å². The minimum absolute atomic E-state index is 0.654. The van der Waals surface area contributed by atoms with Gasteiger partial charge in [-0.25, -0.2) is 0 Å². The monoisotopic (exact) mass is 273 g/mol. The zero-order valence-corrected chi connectivity index (χ0v) is 10.1. The molecule has 0 saturated carbocycles. The largest absolute Gasteiger partial charge is 0.398 e. The Morgan fingerprint density at radius 3 is 2.86 bits per heavy atom. The van der Waals surface area contributed by atoms with Crippen LogP contribution < -0.4 is 5.73 Å². The molecule has 0 aliphatic carbocycles. The minimum atomic E-state index is 0.654. The number of anilines is 1. The number of halogens is 1. The first-order chi connectivity index (χ1) is 6.77. The summed E-state index contributed by atoms with van der Waals surface area (Å²) in [4.78, 5) is 0. The Balaban J connectivity index is 2.00. The van der Waals surface area contributed by atoms with Gasteiger partial charge in [0.1, 0.15) is 0 Å². The standard InChI is InChI=1S/C10H12BrNOS/c11-9-2-1-3-10(12)8(9)6-14-7-4-13-5-7/h1-3,7H,4-6,12H2. The lowest BCUT2D eigenvalue weighted by molar-refractivity contribution is 0.0455. The molecule has 4 heteroatoms. The summed E-state index contributed by atoms with van der Waals surface area (Å²) in [6.45, 7) is 1.77. The van der Waals surface area contributed by atoms with E-state index in [4.69, 9.17) is 10.5 Å². The maximum Gasteiger partial charge on any atom is 0.0608 e. The van der Waals surface area contributed by atoms with E-state index in [1.165, 1.54) is 5.56 Å². The first-order valence-electron chi connectivity index (χ1n) is 4.49. The van der Waals surface area contributed by atoms with Crippen LogP contribution in [0.5, 0.6) is 0 Å². The summed E-state index contributed by atoms with van der Waals surface area (Å²) >= 11 is 5.42. The lowest BCUT2D eigenvalue weighted by Gasteiger charge is -2.25. The fourth-order valence-electron chi connectivity index (χ4n) is 1.24. The van der Waals surface area contributed by atoms with E-state index >= 15 is 0 Å². The van der Waals surface area contributed by atoms with Gasteiger partial charge in [-0.15, -0.1) is 11.8 Å². The summed E-state index contributed by atoms with van der Waals surface area (Å²) in [5, 5.41) is 0.654. The van der Waals surface area contributed by atoms with Crippen molar-refractivity contribution in [1.29, 1.82) is 0 Å². The third-order valence-electron chi connectivity index (χ3n) is 2.23. The summed E-state index contributed by atoms with van der Waals surface area (Å²) in [7, 11) is 0. The highest BCUT2D eigenvalue weighted by Gasteiger charge is 2.19. The molecule has 1 aliphatic heterocycles. The maximum atomic E-state index is 5.89. The molecule has 1 fully saturated rings. The number of nitrogen functional groups attached to an aromatic ring is 1. The van der Waals surface area contributed by atoms with Gasteiger partial charge in [-0.05, 0) is 17.7 Å². The van der Waals surface area contributed by atoms with Crippen LogP contribution in [-0.4, -0.2) is 18.5 Å². The molecule has 0 spiro atoms. The molecule has 2 rings (SSSR count). The van der Waals surface area contributed by atoms with Gasteiger partial charge in [0.15, 0.2) is 0 Å². The van der Waals surface area contributed by atoms with Crippen LogP contribution in [0.4, 0.5) is 5.69 Å². The Hall–Kier alpha value is -0.190. The van der Waals surface area contributed by atoms with Gasteiger partial charge < -0.3 is 10.5 Å². The van der Waals surface area contributed by atoms with Gasteiger partial charge >= 0.3 is 0 Å². The van der Waals surface area contributed by atoms with Crippen molar-refractivity contribution >= 4 is 33.4 Å². The van der Waals surface area contributed by atoms with Crippen molar-refractivity contribution in [1.82, 2.24) is 0 Å². The van der Waals surface area contributed by atoms with Crippen LogP contribution >= 0.6 is 27.7 Å². The van der Waals surface area contributed by atoms with Crippen molar-refractivity contribution < 1.29 is 4.74 Å². The van der Waals surface area contributed by atoms with Crippen LogP contribution in [0.15, 0.2) is 22.7 Å². The van der Waals surface area contributed by atoms with Gasteiger partial charge in [0.05, 0.1) is 18.5 Å². The van der Waals surface area contributed by atoms with E-state index < -0.39 is 0 Å². The van der Waals surface area contributed by atoms with Crippen LogP contribution in [0.1, 0.15) is 5.56 Å². The quantitative estimate of drug-likeness (QED) is 0.861. The highest BCUT2D eigenvalue weighted by atomic mass is 79.9. The van der Waals surface area contributed by atoms with E-state index in [9.17, 15) is 0 Å². The molecular formula is C10H12BrNOS. The number of benzene rings is 1. The lowest BCUT2D eigenvalue weighted by atomic mass is 10.2. The van der Waals surface area contributed by atoms with Crippen molar-refractivity contribution in [3.63, 3.8) is 0 Å². The van der Waals surface area contributed by atoms with Crippen molar-refractivity contribution in [3.05, 3.63) is 28.2 Å². The Labute approximate surface area is 96.3 Å². The highest BCUT2D eigenvalue weighted by molar-refractivity contribution is 9.10. The molecule has 0 amide bonds. The smallest absolute Gasteiger partial charge is 0.0608 e. The van der Waals surface area contributed by atoms with E-state index in [0.717, 1.165) is 29.1 Å². The van der Waals surface area contributed by atoms with E-state index in [2.05, 4.69) is 15.9 Å². The molecule has 76 valence electrons. The van der Waals surface area contributed by atoms with Crippen LogP contribution in [-0.2, 0) is 10.5 Å². The number of rotatable bonds is 3. The first kappa shape index (κ1) is 10.3. The molecule has 1 aliphatic rings. The van der Waals surface area contributed by atoms with Crippen molar-refractivity contribution in [2.24, 2.45) is 0 Å². The SMILES string of the molecule is Nc1cccc(Br)c1CSC1COC1. The zero-order valence-electron chi connectivity index (χ0n) is 7.70. The molecule has 1 aromatic carbocycles. The summed E-state index contributed by atoms with van der Waals surface area (Å²) < 4.78 is 6.22. The molecule has 1 heterocycles. The topological polar surface area (TPSA) is 35.2 Å². The van der Waals surface area contributed by atoms with E-state index in [1.54, 1.807) is 0 Å². The predicted molar refractivity (Wildman–Crippen MR) is 64.5 cm³/mol. The summed E-state index contributed by atoms with van der Waals surface area (Å²) in [5.41, 5.74) is 7.96. The molecular weight excluding hydrogens is 262 g/mol. The maximum absolute atomic E-state index is 5.89. The predicted octanol–water partition coefficient (Wildman–Crippen LogP) is 2.66. The number of nitrogens with two attached hydrogens (primary N) is 1. The second kappa shape index (κ2) is 4.55. The molecule has 1 aromatic rings. The second-order valence-electron chi connectivity index (χ2n) is 3.28. The number of hydrogen-bond acceptors (Lipinski definition) is 3. The minimum Gasteiger partial charge on any atom is -0.398 e. The van der Waals surface area contributed by atoms with E-state index in [1.807, 2.05) is 30.0 Å². The fraction of sp³-hybridized carbons (Fsp3) is 0.400. The average molecular weight is 274 g/mol. The van der Waals surface area contributed by atoms with Gasteiger partial charge in [0, 0.05) is 15.9 Å². The third kappa shape index (κ3) is 2.24. The van der Waals surface area contributed by atoms with E-state index in [0.29, 0.717) is 5.25 Å². The number of hydrogen-bond donors (Lipinski definition) is 1. The Bertz CT molecular complexity index is 308. The normalized spacial score (nSPS) is 16.6. The molecule has 0 bridgehead atoms. The lowest BCUT2D eigenvalue weighted by Crippen LogP contribution is -2.30. The number of thioether (sulfide) groups is 1. The van der Waals surface area contributed by atoms with Crippen molar-refractivity contribution in [2.45, 2.75) is 11.0 Å². The van der Waals surface area contributed by atoms with Crippen molar-refractivity contribution in [3.8, 4) is 0 Å². The molecule has 0 atom stereocenters. The summed E-state index contributed by atoms with van der Waals surface area (Å²) in [6, 6.07) is 5.93. The molecule has 1 saturated heterocycles. The first-order valence-corrected chi connectivity index (χ1v) is 6.34. The Morgan fingerprint density at radius 1 is 1.50 bits per heavy atom. The Morgan fingerprint density at radius 2 is 2.29 bits per heavy atom. The average Bonchev–Trinajstić information content (AvgIpc) is 2.07. The van der Waals surface area contributed by atoms with Crippen LogP contribution in [0.2, 0.25) is 0 Å². The van der Waals surface area contributed by atoms with Gasteiger partial charge in [-0.1, -0.05) is 22.0 Å². The van der Waals surface area contributed by atoms with Gasteiger partial charge in [-0.2, -0.15) is 0 Å². The third-order valence-corrected chi connectivity index (χ3v) is 4.17. The van der Waals surface area contributed by atoms with Gasteiger partial charge in [0.2, 0.25) is 0 Å². The summed E-state index contributed by atoms with van der Waals surface area (Å²) in [5.74, 6) is 0.960. The highest BCUT2D eigenvalue weighted by Crippen LogP contribution is 2.30. The number of ether oxygens (including phenoxy) is 1. The second-order valence-corrected chi connectivity index (χ2v) is 5.42. The molecule has 0 radical (unpaired) electrons. The molecule has 14 heavy (non-hydrogen) atoms. The molecule has 0 aromatic heterocycles. The zero-order chi connectivity index (χ0) is 9.97. The molecule has 0 unspecified atom stereocenters. The van der Waals surface area contributed by atoms with Crippen LogP contribution in [0.25, 0.3) is 0 Å². The fourth-order valence-corrected chi connectivity index (χ4v) is 3.06.